The zero-order chi connectivity index (χ0) is 14.4. The Hall–Kier alpha value is -1.36. The second-order valence-corrected chi connectivity index (χ2v) is 5.58. The van der Waals surface area contributed by atoms with Gasteiger partial charge in [0.1, 0.15) is 5.75 Å². The summed E-state index contributed by atoms with van der Waals surface area (Å²) in [6.07, 6.45) is 1.91. The minimum absolute atomic E-state index is 0.148. The number of nitrogens with one attached hydrogen (secondary N) is 1. The Morgan fingerprint density at radius 2 is 1.95 bits per heavy atom. The van der Waals surface area contributed by atoms with Gasteiger partial charge in [0.25, 0.3) is 0 Å². The number of halogens is 1. The number of hydrogen-bond donors (Lipinski definition) is 2. The lowest BCUT2D eigenvalue weighted by Gasteiger charge is -2.16. The summed E-state index contributed by atoms with van der Waals surface area (Å²) in [6.45, 7) is 0. The molecule has 1 unspecified atom stereocenters. The molecule has 0 spiro atoms. The average molecular weight is 335 g/mol. The van der Waals surface area contributed by atoms with Crippen LogP contribution in [0.3, 0.4) is 0 Å². The van der Waals surface area contributed by atoms with Crippen molar-refractivity contribution in [1.82, 2.24) is 5.43 Å². The first-order valence-corrected chi connectivity index (χ1v) is 7.36. The van der Waals surface area contributed by atoms with Gasteiger partial charge in [-0.15, -0.1) is 0 Å². The highest BCUT2D eigenvalue weighted by Gasteiger charge is 2.10. The molecule has 106 valence electrons. The summed E-state index contributed by atoms with van der Waals surface area (Å²) < 4.78 is 6.23. The van der Waals surface area contributed by atoms with E-state index in [1.807, 2.05) is 24.3 Å². The third-order valence-corrected chi connectivity index (χ3v) is 3.83. The lowest BCUT2D eigenvalue weighted by molar-refractivity contribution is 0.414. The lowest BCUT2D eigenvalue weighted by atomic mass is 9.99. The smallest absolute Gasteiger partial charge is 0.118 e. The highest BCUT2D eigenvalue weighted by Crippen LogP contribution is 2.22. The fourth-order valence-corrected chi connectivity index (χ4v) is 2.59. The van der Waals surface area contributed by atoms with Gasteiger partial charge in [-0.25, -0.2) is 0 Å². The number of ether oxygens (including phenoxy) is 1. The van der Waals surface area contributed by atoms with Crippen molar-refractivity contribution in [3.63, 3.8) is 0 Å². The molecule has 1 atom stereocenters. The van der Waals surface area contributed by atoms with E-state index in [1.54, 1.807) is 7.11 Å². The minimum atomic E-state index is 0.148. The van der Waals surface area contributed by atoms with Crippen LogP contribution in [0.1, 0.15) is 23.6 Å². The first-order valence-electron chi connectivity index (χ1n) is 6.57. The fourth-order valence-electron chi connectivity index (χ4n) is 2.17. The van der Waals surface area contributed by atoms with Crippen molar-refractivity contribution in [2.45, 2.75) is 18.9 Å². The first-order chi connectivity index (χ1) is 9.72. The Balaban J connectivity index is 1.99. The standard InChI is InChI=1S/C16H19BrN2O/c1-20-15-8-5-12(6-9-15)7-10-16(19-18)13-3-2-4-14(17)11-13/h2-6,8-9,11,16,19H,7,10,18H2,1H3. The molecule has 0 bridgehead atoms. The van der Waals surface area contributed by atoms with Crippen LogP contribution < -0.4 is 16.0 Å². The summed E-state index contributed by atoms with van der Waals surface area (Å²) in [5.74, 6) is 6.56. The van der Waals surface area contributed by atoms with E-state index in [-0.39, 0.29) is 6.04 Å². The normalized spacial score (nSPS) is 12.2. The topological polar surface area (TPSA) is 47.3 Å². The van der Waals surface area contributed by atoms with Crippen molar-refractivity contribution >= 4 is 15.9 Å². The lowest BCUT2D eigenvalue weighted by Crippen LogP contribution is -2.28. The van der Waals surface area contributed by atoms with Crippen LogP contribution >= 0.6 is 15.9 Å². The predicted octanol–water partition coefficient (Wildman–Crippen LogP) is 3.59. The van der Waals surface area contributed by atoms with E-state index in [1.165, 1.54) is 11.1 Å². The van der Waals surface area contributed by atoms with Crippen LogP contribution in [0.15, 0.2) is 53.0 Å². The molecular formula is C16H19BrN2O. The Labute approximate surface area is 128 Å². The maximum absolute atomic E-state index is 5.68. The number of rotatable bonds is 6. The third-order valence-electron chi connectivity index (χ3n) is 3.33. The molecule has 0 aliphatic heterocycles. The number of hydrazine groups is 1. The molecular weight excluding hydrogens is 316 g/mol. The zero-order valence-corrected chi connectivity index (χ0v) is 13.1. The molecule has 0 aliphatic carbocycles. The Morgan fingerprint density at radius 1 is 1.20 bits per heavy atom. The molecule has 3 N–H and O–H groups in total. The molecule has 0 heterocycles. The second-order valence-electron chi connectivity index (χ2n) is 4.66. The van der Waals surface area contributed by atoms with E-state index < -0.39 is 0 Å². The minimum Gasteiger partial charge on any atom is -0.497 e. The van der Waals surface area contributed by atoms with Gasteiger partial charge in [0.2, 0.25) is 0 Å². The predicted molar refractivity (Wildman–Crippen MR) is 85.5 cm³/mol. The molecule has 0 saturated heterocycles. The van der Waals surface area contributed by atoms with Crippen LogP contribution in [0.2, 0.25) is 0 Å². The first kappa shape index (κ1) is 15.0. The van der Waals surface area contributed by atoms with Crippen molar-refractivity contribution in [3.8, 4) is 5.75 Å². The molecule has 4 heteroatoms. The van der Waals surface area contributed by atoms with E-state index in [2.05, 4.69) is 45.6 Å². The van der Waals surface area contributed by atoms with Gasteiger partial charge >= 0.3 is 0 Å². The summed E-state index contributed by atoms with van der Waals surface area (Å²) in [5.41, 5.74) is 5.36. The Morgan fingerprint density at radius 3 is 2.55 bits per heavy atom. The number of methoxy groups -OCH3 is 1. The van der Waals surface area contributed by atoms with Gasteiger partial charge in [0, 0.05) is 10.5 Å². The average Bonchev–Trinajstić information content (AvgIpc) is 2.48. The van der Waals surface area contributed by atoms with Crippen LogP contribution in [0.5, 0.6) is 5.75 Å². The molecule has 0 aromatic heterocycles. The number of nitrogens with two attached hydrogens (primary N) is 1. The largest absolute Gasteiger partial charge is 0.497 e. The molecule has 0 radical (unpaired) electrons. The molecule has 0 aliphatic rings. The second kappa shape index (κ2) is 7.43. The van der Waals surface area contributed by atoms with E-state index in [0.29, 0.717) is 0 Å². The molecule has 0 amide bonds. The van der Waals surface area contributed by atoms with Gasteiger partial charge in [0.05, 0.1) is 7.11 Å². The molecule has 0 saturated carbocycles. The number of aryl methyl sites for hydroxylation is 1. The Kier molecular flexibility index (Phi) is 5.59. The highest BCUT2D eigenvalue weighted by atomic mass is 79.9. The summed E-state index contributed by atoms with van der Waals surface area (Å²) in [5, 5.41) is 0. The van der Waals surface area contributed by atoms with Crippen molar-refractivity contribution in [2.24, 2.45) is 5.84 Å². The van der Waals surface area contributed by atoms with Gasteiger partial charge in [0.15, 0.2) is 0 Å². The van der Waals surface area contributed by atoms with Gasteiger partial charge in [-0.1, -0.05) is 40.2 Å². The van der Waals surface area contributed by atoms with E-state index in [9.17, 15) is 0 Å². The highest BCUT2D eigenvalue weighted by molar-refractivity contribution is 9.10. The zero-order valence-electron chi connectivity index (χ0n) is 11.5. The van der Waals surface area contributed by atoms with E-state index >= 15 is 0 Å². The van der Waals surface area contributed by atoms with Crippen molar-refractivity contribution < 1.29 is 4.74 Å². The summed E-state index contributed by atoms with van der Waals surface area (Å²) >= 11 is 3.49. The van der Waals surface area contributed by atoms with Crippen molar-refractivity contribution in [3.05, 3.63) is 64.1 Å². The van der Waals surface area contributed by atoms with Gasteiger partial charge in [-0.3, -0.25) is 11.3 Å². The number of benzene rings is 2. The maximum atomic E-state index is 5.68. The van der Waals surface area contributed by atoms with Crippen LogP contribution in [-0.2, 0) is 6.42 Å². The van der Waals surface area contributed by atoms with Gasteiger partial charge in [-0.2, -0.15) is 0 Å². The maximum Gasteiger partial charge on any atom is 0.118 e. The summed E-state index contributed by atoms with van der Waals surface area (Å²) in [7, 11) is 1.68. The van der Waals surface area contributed by atoms with Crippen LogP contribution in [-0.4, -0.2) is 7.11 Å². The van der Waals surface area contributed by atoms with Crippen LogP contribution in [0.25, 0.3) is 0 Å². The molecule has 20 heavy (non-hydrogen) atoms. The Bertz CT molecular complexity index is 542. The van der Waals surface area contributed by atoms with Crippen LogP contribution in [0.4, 0.5) is 0 Å². The van der Waals surface area contributed by atoms with Crippen molar-refractivity contribution in [1.29, 1.82) is 0 Å². The quantitative estimate of drug-likeness (QED) is 0.626. The SMILES string of the molecule is COc1ccc(CCC(NN)c2cccc(Br)c2)cc1. The fraction of sp³-hybridized carbons (Fsp3) is 0.250. The molecule has 2 rings (SSSR count). The molecule has 3 nitrogen and oxygen atoms in total. The van der Waals surface area contributed by atoms with Gasteiger partial charge in [-0.05, 0) is 48.2 Å². The summed E-state index contributed by atoms with van der Waals surface area (Å²) in [4.78, 5) is 0. The van der Waals surface area contributed by atoms with Gasteiger partial charge < -0.3 is 4.74 Å². The van der Waals surface area contributed by atoms with Crippen LogP contribution in [0, 0.1) is 0 Å². The summed E-state index contributed by atoms with van der Waals surface area (Å²) in [6, 6.07) is 16.5. The van der Waals surface area contributed by atoms with E-state index in [4.69, 9.17) is 10.6 Å². The number of hydrogen-bond acceptors (Lipinski definition) is 3. The third kappa shape index (κ3) is 4.07. The molecule has 2 aromatic rings. The van der Waals surface area contributed by atoms with E-state index in [0.717, 1.165) is 23.1 Å². The molecule has 0 fully saturated rings. The van der Waals surface area contributed by atoms with Crippen molar-refractivity contribution in [2.75, 3.05) is 7.11 Å². The molecule has 2 aromatic carbocycles. The monoisotopic (exact) mass is 334 g/mol.